The summed E-state index contributed by atoms with van der Waals surface area (Å²) in [6, 6.07) is 3.14. The molecule has 1 aromatic carbocycles. The molecule has 0 spiro atoms. The van der Waals surface area contributed by atoms with E-state index in [1.165, 1.54) is 6.07 Å². The van der Waals surface area contributed by atoms with Crippen LogP contribution in [0.2, 0.25) is 0 Å². The second-order valence-electron chi connectivity index (χ2n) is 4.01. The van der Waals surface area contributed by atoms with Crippen molar-refractivity contribution in [1.82, 2.24) is 10.1 Å². The van der Waals surface area contributed by atoms with Gasteiger partial charge in [-0.1, -0.05) is 12.1 Å². The molecule has 2 N–H and O–H groups in total. The lowest BCUT2D eigenvalue weighted by Gasteiger charge is -1.99. The van der Waals surface area contributed by atoms with E-state index >= 15 is 0 Å². The maximum absolute atomic E-state index is 13.0. The Balaban J connectivity index is 2.47. The number of nitrogens with two attached hydrogens (primary N) is 1. The van der Waals surface area contributed by atoms with E-state index in [2.05, 4.69) is 10.1 Å². The van der Waals surface area contributed by atoms with Gasteiger partial charge in [0.15, 0.2) is 5.82 Å². The van der Waals surface area contributed by atoms with Crippen molar-refractivity contribution < 1.29 is 13.8 Å². The van der Waals surface area contributed by atoms with Crippen LogP contribution in [0.4, 0.5) is 10.1 Å². The lowest BCUT2D eigenvalue weighted by molar-refractivity contribution is -0.384. The van der Waals surface area contributed by atoms with Crippen LogP contribution in [0.3, 0.4) is 0 Å². The first-order chi connectivity index (χ1) is 9.02. The van der Waals surface area contributed by atoms with Crippen molar-refractivity contribution >= 4 is 5.69 Å². The van der Waals surface area contributed by atoms with Crippen molar-refractivity contribution in [2.75, 3.05) is 6.54 Å². The molecule has 0 aliphatic rings. The Bertz CT molecular complexity index is 614. The van der Waals surface area contributed by atoms with Gasteiger partial charge in [0, 0.05) is 12.5 Å². The van der Waals surface area contributed by atoms with Crippen LogP contribution < -0.4 is 5.73 Å². The predicted octanol–water partition coefficient (Wildman–Crippen LogP) is 1.85. The average Bonchev–Trinajstić information content (AvgIpc) is 2.87. The Kier molecular flexibility index (Phi) is 3.52. The highest BCUT2D eigenvalue weighted by molar-refractivity contribution is 5.66. The number of nitrogens with zero attached hydrogens (tertiary/aromatic N) is 3. The Morgan fingerprint density at radius 2 is 2.32 bits per heavy atom. The van der Waals surface area contributed by atoms with E-state index in [0.29, 0.717) is 12.4 Å². The second kappa shape index (κ2) is 5.11. The first kappa shape index (κ1) is 13.1. The zero-order valence-corrected chi connectivity index (χ0v) is 10.0. The highest BCUT2D eigenvalue weighted by atomic mass is 19.1. The molecule has 1 heterocycles. The minimum Gasteiger partial charge on any atom is -0.334 e. The molecule has 0 amide bonds. The fraction of sp³-hybridized carbons (Fsp3) is 0.273. The number of nitro groups is 1. The number of hydrogen-bond acceptors (Lipinski definition) is 6. The van der Waals surface area contributed by atoms with Gasteiger partial charge in [-0.15, -0.1) is 0 Å². The SMILES string of the molecule is CC(CN)c1noc(-c2ccc(F)cc2[N+](=O)[O-])n1. The number of benzene rings is 1. The maximum atomic E-state index is 13.0. The predicted molar refractivity (Wildman–Crippen MR) is 63.8 cm³/mol. The number of halogens is 1. The van der Waals surface area contributed by atoms with Crippen LogP contribution in [0.25, 0.3) is 11.5 Å². The van der Waals surface area contributed by atoms with Crippen molar-refractivity contribution in [2.24, 2.45) is 5.73 Å². The summed E-state index contributed by atoms with van der Waals surface area (Å²) < 4.78 is 18.0. The van der Waals surface area contributed by atoms with Crippen molar-refractivity contribution in [3.63, 3.8) is 0 Å². The van der Waals surface area contributed by atoms with Gasteiger partial charge >= 0.3 is 0 Å². The van der Waals surface area contributed by atoms with Gasteiger partial charge < -0.3 is 10.3 Å². The summed E-state index contributed by atoms with van der Waals surface area (Å²) in [6.45, 7) is 2.12. The smallest absolute Gasteiger partial charge is 0.285 e. The number of aromatic nitrogens is 2. The van der Waals surface area contributed by atoms with Crippen molar-refractivity contribution in [3.05, 3.63) is 40.0 Å². The summed E-state index contributed by atoms with van der Waals surface area (Å²) in [5.41, 5.74) is 5.13. The molecule has 1 atom stereocenters. The highest BCUT2D eigenvalue weighted by Gasteiger charge is 2.22. The summed E-state index contributed by atoms with van der Waals surface area (Å²) in [5, 5.41) is 14.6. The standard InChI is InChI=1S/C11H11FN4O3/c1-6(5-13)10-14-11(19-15-10)8-3-2-7(12)4-9(8)16(17)18/h2-4,6H,5,13H2,1H3. The van der Waals surface area contributed by atoms with Crippen LogP contribution in [0, 0.1) is 15.9 Å². The average molecular weight is 266 g/mol. The molecular weight excluding hydrogens is 255 g/mol. The summed E-state index contributed by atoms with van der Waals surface area (Å²) in [4.78, 5) is 14.2. The molecule has 1 unspecified atom stereocenters. The second-order valence-corrected chi connectivity index (χ2v) is 4.01. The molecular formula is C11H11FN4O3. The Morgan fingerprint density at radius 1 is 1.58 bits per heavy atom. The highest BCUT2D eigenvalue weighted by Crippen LogP contribution is 2.29. The molecule has 0 aliphatic carbocycles. The summed E-state index contributed by atoms with van der Waals surface area (Å²) in [7, 11) is 0. The fourth-order valence-electron chi connectivity index (χ4n) is 1.49. The maximum Gasteiger partial charge on any atom is 0.285 e. The van der Waals surface area contributed by atoms with Crippen LogP contribution in [0.15, 0.2) is 22.7 Å². The monoisotopic (exact) mass is 266 g/mol. The third-order valence-corrected chi connectivity index (χ3v) is 2.62. The largest absolute Gasteiger partial charge is 0.334 e. The molecule has 8 heteroatoms. The van der Waals surface area contributed by atoms with E-state index in [-0.39, 0.29) is 17.4 Å². The first-order valence-electron chi connectivity index (χ1n) is 5.51. The molecule has 2 aromatic rings. The molecule has 0 saturated carbocycles. The molecule has 0 saturated heterocycles. The number of hydrogen-bond donors (Lipinski definition) is 1. The molecule has 0 radical (unpaired) electrons. The molecule has 0 fully saturated rings. The summed E-state index contributed by atoms with van der Waals surface area (Å²) in [6.07, 6.45) is 0. The van der Waals surface area contributed by atoms with E-state index in [9.17, 15) is 14.5 Å². The van der Waals surface area contributed by atoms with Gasteiger partial charge in [0.25, 0.3) is 11.6 Å². The van der Waals surface area contributed by atoms with Crippen LogP contribution >= 0.6 is 0 Å². The van der Waals surface area contributed by atoms with Crippen LogP contribution in [0.1, 0.15) is 18.7 Å². The molecule has 2 rings (SSSR count). The minimum atomic E-state index is -0.703. The lowest BCUT2D eigenvalue weighted by atomic mass is 10.1. The van der Waals surface area contributed by atoms with E-state index in [4.69, 9.17) is 10.3 Å². The Hall–Kier alpha value is -2.35. The normalized spacial score (nSPS) is 12.4. The summed E-state index contributed by atoms with van der Waals surface area (Å²) in [5.74, 6) is -0.499. The Labute approximate surface area is 107 Å². The zero-order chi connectivity index (χ0) is 14.0. The molecule has 7 nitrogen and oxygen atoms in total. The molecule has 100 valence electrons. The van der Waals surface area contributed by atoms with Gasteiger partial charge in [-0.05, 0) is 12.1 Å². The van der Waals surface area contributed by atoms with E-state index < -0.39 is 16.4 Å². The molecule has 0 bridgehead atoms. The topological polar surface area (TPSA) is 108 Å². The van der Waals surface area contributed by atoms with Gasteiger partial charge in [0.1, 0.15) is 11.4 Å². The van der Waals surface area contributed by atoms with E-state index in [0.717, 1.165) is 12.1 Å². The number of rotatable bonds is 4. The van der Waals surface area contributed by atoms with Crippen LogP contribution in [-0.2, 0) is 0 Å². The van der Waals surface area contributed by atoms with E-state index in [1.54, 1.807) is 6.92 Å². The van der Waals surface area contributed by atoms with Crippen LogP contribution in [0.5, 0.6) is 0 Å². The molecule has 0 aliphatic heterocycles. The van der Waals surface area contributed by atoms with Crippen LogP contribution in [-0.4, -0.2) is 21.6 Å². The molecule has 19 heavy (non-hydrogen) atoms. The Morgan fingerprint density at radius 3 is 2.95 bits per heavy atom. The lowest BCUT2D eigenvalue weighted by Crippen LogP contribution is -2.10. The fourth-order valence-corrected chi connectivity index (χ4v) is 1.49. The van der Waals surface area contributed by atoms with Gasteiger partial charge in [-0.3, -0.25) is 10.1 Å². The van der Waals surface area contributed by atoms with E-state index in [1.807, 2.05) is 0 Å². The summed E-state index contributed by atoms with van der Waals surface area (Å²) >= 11 is 0. The van der Waals surface area contributed by atoms with Gasteiger partial charge in [-0.25, -0.2) is 4.39 Å². The molecule has 1 aromatic heterocycles. The number of nitro benzene ring substituents is 1. The van der Waals surface area contributed by atoms with Gasteiger partial charge in [0.05, 0.1) is 11.0 Å². The van der Waals surface area contributed by atoms with Crippen molar-refractivity contribution in [3.8, 4) is 11.5 Å². The third-order valence-electron chi connectivity index (χ3n) is 2.62. The third kappa shape index (κ3) is 2.58. The van der Waals surface area contributed by atoms with Gasteiger partial charge in [-0.2, -0.15) is 4.98 Å². The van der Waals surface area contributed by atoms with Gasteiger partial charge in [0.2, 0.25) is 0 Å². The minimum absolute atomic E-state index is 0.0259. The zero-order valence-electron chi connectivity index (χ0n) is 10.0. The van der Waals surface area contributed by atoms with Crippen molar-refractivity contribution in [2.45, 2.75) is 12.8 Å². The quantitative estimate of drug-likeness (QED) is 0.668. The van der Waals surface area contributed by atoms with Crippen molar-refractivity contribution in [1.29, 1.82) is 0 Å². The first-order valence-corrected chi connectivity index (χ1v) is 5.51.